The first-order valence-corrected chi connectivity index (χ1v) is 8.80. The van der Waals surface area contributed by atoms with Crippen LogP contribution in [0.25, 0.3) is 0 Å². The number of hydrogen-bond acceptors (Lipinski definition) is 4. The molecular weight excluding hydrogens is 308 g/mol. The summed E-state index contributed by atoms with van der Waals surface area (Å²) in [6.07, 6.45) is 10.1. The fourth-order valence-corrected chi connectivity index (χ4v) is 4.00. The highest BCUT2D eigenvalue weighted by atomic mass is 32.2. The van der Waals surface area contributed by atoms with Gasteiger partial charge in [0.25, 0.3) is 0 Å². The fraction of sp³-hybridized carbons (Fsp3) is 0.353. The Hall–Kier alpha value is -2.08. The van der Waals surface area contributed by atoms with E-state index in [-0.39, 0.29) is 6.03 Å². The number of carbonyl (C=O) groups excluding carboxylic acids is 1. The standard InChI is InChI=1S/C17H18N4OS/c22-16(21-23-17-18-8-3-9-19-17)20-15-13-6-1-4-11(13)10-12-5-2-7-14(12)15/h3,8-10H,1-2,4-7H2,(H2,20,21,22). The van der Waals surface area contributed by atoms with E-state index in [0.29, 0.717) is 5.16 Å². The number of anilines is 1. The molecule has 1 aromatic carbocycles. The van der Waals surface area contributed by atoms with Crippen molar-refractivity contribution in [2.24, 2.45) is 0 Å². The van der Waals surface area contributed by atoms with E-state index < -0.39 is 0 Å². The van der Waals surface area contributed by atoms with E-state index in [9.17, 15) is 4.79 Å². The molecule has 0 atom stereocenters. The van der Waals surface area contributed by atoms with Crippen LogP contribution >= 0.6 is 11.9 Å². The van der Waals surface area contributed by atoms with Crippen molar-refractivity contribution in [2.45, 2.75) is 43.7 Å². The number of amides is 2. The second-order valence-electron chi connectivity index (χ2n) is 5.92. The van der Waals surface area contributed by atoms with Crippen molar-refractivity contribution in [3.8, 4) is 0 Å². The van der Waals surface area contributed by atoms with Crippen LogP contribution in [-0.4, -0.2) is 16.0 Å². The number of carbonyl (C=O) groups is 1. The lowest BCUT2D eigenvalue weighted by Crippen LogP contribution is -2.24. The summed E-state index contributed by atoms with van der Waals surface area (Å²) in [5, 5.41) is 3.62. The third kappa shape index (κ3) is 2.91. The Morgan fingerprint density at radius 3 is 2.30 bits per heavy atom. The molecule has 5 nitrogen and oxygen atoms in total. The van der Waals surface area contributed by atoms with Crippen molar-refractivity contribution in [1.29, 1.82) is 0 Å². The molecule has 23 heavy (non-hydrogen) atoms. The van der Waals surface area contributed by atoms with Gasteiger partial charge in [0.15, 0.2) is 0 Å². The van der Waals surface area contributed by atoms with E-state index in [1.807, 2.05) is 0 Å². The summed E-state index contributed by atoms with van der Waals surface area (Å²) < 4.78 is 2.77. The summed E-state index contributed by atoms with van der Waals surface area (Å²) in [6, 6.07) is 3.90. The molecule has 0 saturated heterocycles. The number of hydrogen-bond donors (Lipinski definition) is 2. The molecule has 2 aromatic rings. The van der Waals surface area contributed by atoms with Crippen molar-refractivity contribution in [3.63, 3.8) is 0 Å². The molecule has 2 N–H and O–H groups in total. The summed E-state index contributed by atoms with van der Waals surface area (Å²) in [5.74, 6) is 0. The minimum absolute atomic E-state index is 0.211. The van der Waals surface area contributed by atoms with E-state index in [0.717, 1.165) is 43.3 Å². The van der Waals surface area contributed by atoms with Gasteiger partial charge in [-0.05, 0) is 66.8 Å². The van der Waals surface area contributed by atoms with Crippen LogP contribution in [0.2, 0.25) is 0 Å². The Morgan fingerprint density at radius 1 is 1.00 bits per heavy atom. The van der Waals surface area contributed by atoms with Gasteiger partial charge >= 0.3 is 6.03 Å². The SMILES string of the molecule is O=C(NSc1ncccn1)Nc1c2c(cc3c1CCC3)CCC2. The number of nitrogens with zero attached hydrogens (tertiary/aromatic N) is 2. The molecule has 6 heteroatoms. The highest BCUT2D eigenvalue weighted by Gasteiger charge is 2.24. The minimum atomic E-state index is -0.211. The van der Waals surface area contributed by atoms with Crippen molar-refractivity contribution < 1.29 is 4.79 Å². The topological polar surface area (TPSA) is 66.9 Å². The predicted octanol–water partition coefficient (Wildman–Crippen LogP) is 3.28. The van der Waals surface area contributed by atoms with Crippen molar-refractivity contribution >= 4 is 23.7 Å². The van der Waals surface area contributed by atoms with Gasteiger partial charge in [-0.25, -0.2) is 14.8 Å². The van der Waals surface area contributed by atoms with Gasteiger partial charge in [0.05, 0.1) is 0 Å². The lowest BCUT2D eigenvalue weighted by Gasteiger charge is -2.16. The second kappa shape index (κ2) is 6.20. The first-order chi connectivity index (χ1) is 11.3. The van der Waals surface area contributed by atoms with Gasteiger partial charge in [0, 0.05) is 30.0 Å². The third-order valence-corrected chi connectivity index (χ3v) is 5.17. The van der Waals surface area contributed by atoms with Crippen LogP contribution < -0.4 is 10.0 Å². The van der Waals surface area contributed by atoms with Gasteiger partial charge in [-0.1, -0.05) is 6.07 Å². The number of urea groups is 1. The van der Waals surface area contributed by atoms with Crippen LogP contribution in [0.15, 0.2) is 29.7 Å². The molecule has 0 bridgehead atoms. The van der Waals surface area contributed by atoms with Gasteiger partial charge in [-0.2, -0.15) is 0 Å². The lowest BCUT2D eigenvalue weighted by molar-refractivity contribution is 0.257. The zero-order valence-electron chi connectivity index (χ0n) is 12.8. The van der Waals surface area contributed by atoms with Crippen LogP contribution in [0.4, 0.5) is 10.5 Å². The Kier molecular flexibility index (Phi) is 3.91. The molecule has 1 aromatic heterocycles. The predicted molar refractivity (Wildman–Crippen MR) is 90.5 cm³/mol. The molecule has 2 amide bonds. The summed E-state index contributed by atoms with van der Waals surface area (Å²) in [7, 11) is 0. The maximum absolute atomic E-state index is 12.3. The summed E-state index contributed by atoms with van der Waals surface area (Å²) in [4.78, 5) is 20.5. The zero-order chi connectivity index (χ0) is 15.6. The largest absolute Gasteiger partial charge is 0.329 e. The van der Waals surface area contributed by atoms with Crippen molar-refractivity contribution in [2.75, 3.05) is 5.32 Å². The van der Waals surface area contributed by atoms with Crippen LogP contribution in [0.5, 0.6) is 0 Å². The first-order valence-electron chi connectivity index (χ1n) is 7.98. The van der Waals surface area contributed by atoms with Crippen LogP contribution in [0.1, 0.15) is 35.1 Å². The average molecular weight is 326 g/mol. The number of rotatable bonds is 3. The van der Waals surface area contributed by atoms with Crippen molar-refractivity contribution in [3.05, 3.63) is 46.8 Å². The van der Waals surface area contributed by atoms with Gasteiger partial charge < -0.3 is 5.32 Å². The Labute approximate surface area is 139 Å². The minimum Gasteiger partial charge on any atom is -0.307 e. The molecule has 4 rings (SSSR count). The maximum atomic E-state index is 12.3. The molecule has 1 heterocycles. The molecule has 0 unspecified atom stereocenters. The van der Waals surface area contributed by atoms with E-state index >= 15 is 0 Å². The second-order valence-corrected chi connectivity index (χ2v) is 6.70. The summed E-state index contributed by atoms with van der Waals surface area (Å²) in [5.41, 5.74) is 6.56. The van der Waals surface area contributed by atoms with Gasteiger partial charge in [-0.15, -0.1) is 0 Å². The van der Waals surface area contributed by atoms with Crippen LogP contribution in [0, 0.1) is 0 Å². The summed E-state index contributed by atoms with van der Waals surface area (Å²) in [6.45, 7) is 0. The molecule has 0 radical (unpaired) electrons. The van der Waals surface area contributed by atoms with E-state index in [4.69, 9.17) is 0 Å². The molecule has 0 aliphatic heterocycles. The van der Waals surface area contributed by atoms with Crippen LogP contribution in [-0.2, 0) is 25.7 Å². The first kappa shape index (κ1) is 14.5. The van der Waals surface area contributed by atoms with Gasteiger partial charge in [0.1, 0.15) is 0 Å². The maximum Gasteiger partial charge on any atom is 0.329 e. The number of fused-ring (bicyclic) bond motifs is 2. The number of nitrogens with one attached hydrogen (secondary N) is 2. The molecule has 2 aliphatic rings. The molecule has 2 aliphatic carbocycles. The van der Waals surface area contributed by atoms with Gasteiger partial charge in [-0.3, -0.25) is 4.72 Å². The Bertz CT molecular complexity index is 716. The number of benzene rings is 1. The van der Waals surface area contributed by atoms with E-state index in [2.05, 4.69) is 26.1 Å². The van der Waals surface area contributed by atoms with Crippen LogP contribution in [0.3, 0.4) is 0 Å². The number of aromatic nitrogens is 2. The van der Waals surface area contributed by atoms with E-state index in [1.54, 1.807) is 18.5 Å². The molecular formula is C17H18N4OS. The lowest BCUT2D eigenvalue weighted by atomic mass is 9.99. The highest BCUT2D eigenvalue weighted by Crippen LogP contribution is 2.38. The summed E-state index contributed by atoms with van der Waals surface area (Å²) >= 11 is 1.13. The normalized spacial score (nSPS) is 15.1. The molecule has 118 valence electrons. The Balaban J connectivity index is 1.51. The fourth-order valence-electron chi connectivity index (χ4n) is 3.54. The molecule has 0 saturated carbocycles. The zero-order valence-corrected chi connectivity index (χ0v) is 13.6. The third-order valence-electron chi connectivity index (χ3n) is 4.49. The smallest absolute Gasteiger partial charge is 0.307 e. The molecule has 0 spiro atoms. The Morgan fingerprint density at radius 2 is 1.65 bits per heavy atom. The highest BCUT2D eigenvalue weighted by molar-refractivity contribution is 7.97. The van der Waals surface area contributed by atoms with Gasteiger partial charge in [0.2, 0.25) is 5.16 Å². The van der Waals surface area contributed by atoms with E-state index in [1.165, 1.54) is 35.1 Å². The quantitative estimate of drug-likeness (QED) is 0.671. The van der Waals surface area contributed by atoms with Crippen molar-refractivity contribution in [1.82, 2.24) is 14.7 Å². The average Bonchev–Trinajstić information content (AvgIpc) is 3.22. The monoisotopic (exact) mass is 326 g/mol. The molecule has 0 fully saturated rings. The number of aryl methyl sites for hydroxylation is 2.